The van der Waals surface area contributed by atoms with E-state index in [2.05, 4.69) is 0 Å². The second kappa shape index (κ2) is 6.16. The van der Waals surface area contributed by atoms with Crippen LogP contribution in [0.2, 0.25) is 0 Å². The maximum Gasteiger partial charge on any atom is 0.258 e. The molecule has 0 saturated carbocycles. The minimum atomic E-state index is -0.000245. The van der Waals surface area contributed by atoms with E-state index >= 15 is 0 Å². The molecule has 0 atom stereocenters. The molecule has 1 heterocycles. The number of hydrogen-bond donors (Lipinski definition) is 1. The van der Waals surface area contributed by atoms with Crippen LogP contribution in [0.4, 0.5) is 5.69 Å². The highest BCUT2D eigenvalue weighted by Gasteiger charge is 2.30. The second-order valence-corrected chi connectivity index (χ2v) is 5.28. The van der Waals surface area contributed by atoms with Gasteiger partial charge >= 0.3 is 0 Å². The molecule has 2 aromatic rings. The molecular formula is C19H19NO3. The first-order valence-corrected chi connectivity index (χ1v) is 7.74. The number of carbonyl (C=O) groups is 1. The molecule has 2 aromatic carbocycles. The Morgan fingerprint density at radius 2 is 1.96 bits per heavy atom. The predicted octanol–water partition coefficient (Wildman–Crippen LogP) is 3.70. The van der Waals surface area contributed by atoms with Crippen LogP contribution in [-0.2, 0) is 4.79 Å². The maximum absolute atomic E-state index is 12.7. The van der Waals surface area contributed by atoms with E-state index in [1.807, 2.05) is 44.2 Å². The molecule has 0 fully saturated rings. The van der Waals surface area contributed by atoms with Gasteiger partial charge in [-0.2, -0.15) is 0 Å². The lowest BCUT2D eigenvalue weighted by Crippen LogP contribution is -2.25. The lowest BCUT2D eigenvalue weighted by atomic mass is 10.0. The summed E-state index contributed by atoms with van der Waals surface area (Å²) in [4.78, 5) is 14.4. The van der Waals surface area contributed by atoms with Gasteiger partial charge in [-0.1, -0.05) is 24.3 Å². The topological polar surface area (TPSA) is 49.8 Å². The highest BCUT2D eigenvalue weighted by molar-refractivity contribution is 6.35. The van der Waals surface area contributed by atoms with Crippen molar-refractivity contribution in [2.24, 2.45) is 0 Å². The fourth-order valence-electron chi connectivity index (χ4n) is 2.82. The van der Waals surface area contributed by atoms with Crippen LogP contribution < -0.4 is 9.64 Å². The van der Waals surface area contributed by atoms with Crippen LogP contribution in [0.1, 0.15) is 25.0 Å². The Morgan fingerprint density at radius 3 is 2.70 bits per heavy atom. The van der Waals surface area contributed by atoms with Crippen molar-refractivity contribution in [3.05, 3.63) is 53.6 Å². The molecule has 1 amide bonds. The van der Waals surface area contributed by atoms with Gasteiger partial charge in [0.15, 0.2) is 11.5 Å². The van der Waals surface area contributed by atoms with Gasteiger partial charge in [-0.3, -0.25) is 4.79 Å². The van der Waals surface area contributed by atoms with Gasteiger partial charge in [-0.25, -0.2) is 0 Å². The van der Waals surface area contributed by atoms with Crippen LogP contribution in [0, 0.1) is 0 Å². The summed E-state index contributed by atoms with van der Waals surface area (Å²) in [5.74, 6) is 0.523. The van der Waals surface area contributed by atoms with Crippen molar-refractivity contribution in [1.29, 1.82) is 0 Å². The quantitative estimate of drug-likeness (QED) is 0.876. The van der Waals surface area contributed by atoms with Crippen LogP contribution >= 0.6 is 0 Å². The molecule has 23 heavy (non-hydrogen) atoms. The third-order valence-corrected chi connectivity index (χ3v) is 3.87. The Kier molecular flexibility index (Phi) is 4.06. The fourth-order valence-corrected chi connectivity index (χ4v) is 2.82. The van der Waals surface area contributed by atoms with Crippen LogP contribution in [0.15, 0.2) is 42.5 Å². The number of carbonyl (C=O) groups excluding carboxylic acids is 1. The second-order valence-electron chi connectivity index (χ2n) is 5.28. The van der Waals surface area contributed by atoms with Crippen molar-refractivity contribution in [3.63, 3.8) is 0 Å². The zero-order valence-electron chi connectivity index (χ0n) is 13.2. The number of phenolic OH excluding ortho intramolecular Hbond substituents is 1. The van der Waals surface area contributed by atoms with Crippen LogP contribution in [0.25, 0.3) is 11.6 Å². The van der Waals surface area contributed by atoms with Crippen molar-refractivity contribution >= 4 is 23.2 Å². The Morgan fingerprint density at radius 1 is 1.17 bits per heavy atom. The molecule has 3 rings (SSSR count). The van der Waals surface area contributed by atoms with Gasteiger partial charge in [-0.15, -0.1) is 0 Å². The number of rotatable bonds is 4. The maximum atomic E-state index is 12.7. The Balaban J connectivity index is 2.06. The summed E-state index contributed by atoms with van der Waals surface area (Å²) in [5, 5.41) is 9.80. The molecule has 0 aliphatic carbocycles. The van der Waals surface area contributed by atoms with E-state index in [1.54, 1.807) is 23.1 Å². The Hall–Kier alpha value is -2.75. The summed E-state index contributed by atoms with van der Waals surface area (Å²) in [6.45, 7) is 4.93. The third kappa shape index (κ3) is 2.68. The number of fused-ring (bicyclic) bond motifs is 1. The number of benzene rings is 2. The summed E-state index contributed by atoms with van der Waals surface area (Å²) < 4.78 is 5.41. The van der Waals surface area contributed by atoms with Gasteiger partial charge in [0.1, 0.15) is 0 Å². The minimum absolute atomic E-state index is 0.000245. The molecule has 0 spiro atoms. The minimum Gasteiger partial charge on any atom is -0.504 e. The van der Waals surface area contributed by atoms with Gasteiger partial charge in [0.05, 0.1) is 12.3 Å². The number of anilines is 1. The van der Waals surface area contributed by atoms with E-state index in [0.717, 1.165) is 16.8 Å². The van der Waals surface area contributed by atoms with E-state index < -0.39 is 0 Å². The molecule has 118 valence electrons. The van der Waals surface area contributed by atoms with Gasteiger partial charge in [0.25, 0.3) is 5.91 Å². The molecule has 4 nitrogen and oxygen atoms in total. The Bertz CT molecular complexity index is 780. The number of ether oxygens (including phenoxy) is 1. The first-order valence-electron chi connectivity index (χ1n) is 7.74. The molecule has 0 unspecified atom stereocenters. The van der Waals surface area contributed by atoms with E-state index in [0.29, 0.717) is 24.5 Å². The standard InChI is InChI=1S/C19H19NO3/c1-3-20-16-8-6-5-7-14(16)15(19(20)22)11-13-9-10-17(21)18(12-13)23-4-2/h5-12,21H,3-4H2,1-2H3/b15-11-. The fraction of sp³-hybridized carbons (Fsp3) is 0.211. The predicted molar refractivity (Wildman–Crippen MR) is 91.6 cm³/mol. The summed E-state index contributed by atoms with van der Waals surface area (Å²) in [5.41, 5.74) is 3.36. The summed E-state index contributed by atoms with van der Waals surface area (Å²) in [6, 6.07) is 12.9. The van der Waals surface area contributed by atoms with E-state index in [4.69, 9.17) is 4.74 Å². The summed E-state index contributed by atoms with van der Waals surface area (Å²) >= 11 is 0. The molecule has 1 aliphatic heterocycles. The number of amides is 1. The highest BCUT2D eigenvalue weighted by Crippen LogP contribution is 2.38. The third-order valence-electron chi connectivity index (χ3n) is 3.87. The van der Waals surface area contributed by atoms with Crippen LogP contribution in [0.3, 0.4) is 0 Å². The number of aromatic hydroxyl groups is 1. The van der Waals surface area contributed by atoms with E-state index in [9.17, 15) is 9.90 Å². The molecule has 0 radical (unpaired) electrons. The molecule has 4 heteroatoms. The average molecular weight is 309 g/mol. The molecule has 0 aromatic heterocycles. The normalized spacial score (nSPS) is 15.1. The molecule has 0 saturated heterocycles. The molecule has 1 aliphatic rings. The van der Waals surface area contributed by atoms with Crippen molar-refractivity contribution in [2.45, 2.75) is 13.8 Å². The first kappa shape index (κ1) is 15.2. The van der Waals surface area contributed by atoms with Crippen molar-refractivity contribution in [3.8, 4) is 11.5 Å². The van der Waals surface area contributed by atoms with E-state index in [-0.39, 0.29) is 11.7 Å². The monoisotopic (exact) mass is 309 g/mol. The zero-order valence-corrected chi connectivity index (χ0v) is 13.2. The van der Waals surface area contributed by atoms with Crippen LogP contribution in [-0.4, -0.2) is 24.2 Å². The van der Waals surface area contributed by atoms with Gasteiger partial charge in [0, 0.05) is 17.7 Å². The van der Waals surface area contributed by atoms with E-state index in [1.165, 1.54) is 0 Å². The van der Waals surface area contributed by atoms with Crippen molar-refractivity contribution in [1.82, 2.24) is 0 Å². The lowest BCUT2D eigenvalue weighted by Gasteiger charge is -2.13. The number of hydrogen-bond acceptors (Lipinski definition) is 3. The largest absolute Gasteiger partial charge is 0.504 e. The number of para-hydroxylation sites is 1. The molecule has 0 bridgehead atoms. The first-order chi connectivity index (χ1) is 11.2. The number of likely N-dealkylation sites (N-methyl/N-ethyl adjacent to an activating group) is 1. The van der Waals surface area contributed by atoms with Crippen molar-refractivity contribution < 1.29 is 14.6 Å². The smallest absolute Gasteiger partial charge is 0.258 e. The van der Waals surface area contributed by atoms with Crippen LogP contribution in [0.5, 0.6) is 11.5 Å². The molecular weight excluding hydrogens is 290 g/mol. The highest BCUT2D eigenvalue weighted by atomic mass is 16.5. The molecule has 1 N–H and O–H groups in total. The average Bonchev–Trinajstić information content (AvgIpc) is 2.83. The van der Waals surface area contributed by atoms with Crippen molar-refractivity contribution in [2.75, 3.05) is 18.1 Å². The summed E-state index contributed by atoms with van der Waals surface area (Å²) in [6.07, 6.45) is 1.85. The van der Waals surface area contributed by atoms with Gasteiger partial charge < -0.3 is 14.7 Å². The number of phenols is 1. The SMILES string of the molecule is CCOc1cc(/C=C2\C(=O)N(CC)c3ccccc32)ccc1O. The van der Waals surface area contributed by atoms with Gasteiger partial charge in [-0.05, 0) is 43.7 Å². The van der Waals surface area contributed by atoms with Gasteiger partial charge in [0.2, 0.25) is 0 Å². The number of nitrogens with zero attached hydrogens (tertiary/aromatic N) is 1. The summed E-state index contributed by atoms with van der Waals surface area (Å²) in [7, 11) is 0. The zero-order chi connectivity index (χ0) is 16.4. The Labute approximate surface area is 135 Å². The lowest BCUT2D eigenvalue weighted by molar-refractivity contribution is -0.112.